The number of amides is 1. The smallest absolute Gasteiger partial charge is 0.300 e. The van der Waals surface area contributed by atoms with Crippen molar-refractivity contribution in [3.8, 4) is 11.4 Å². The molecule has 168 valence electrons. The molecule has 1 aliphatic heterocycles. The molecule has 0 saturated carbocycles. The van der Waals surface area contributed by atoms with E-state index < -0.39 is 0 Å². The van der Waals surface area contributed by atoms with Crippen LogP contribution in [0.15, 0.2) is 50.9 Å². The molecule has 1 aromatic carbocycles. The monoisotopic (exact) mass is 464 g/mol. The second-order valence-corrected chi connectivity index (χ2v) is 8.37. The van der Waals surface area contributed by atoms with Crippen molar-refractivity contribution in [1.29, 1.82) is 0 Å². The number of hydrogen-bond acceptors (Lipinski definition) is 8. The van der Waals surface area contributed by atoms with E-state index in [9.17, 15) is 4.79 Å². The quantitative estimate of drug-likeness (QED) is 0.412. The third kappa shape index (κ3) is 4.45. The zero-order valence-electron chi connectivity index (χ0n) is 18.2. The fourth-order valence-corrected chi connectivity index (χ4v) is 3.77. The maximum Gasteiger partial charge on any atom is 0.300 e. The summed E-state index contributed by atoms with van der Waals surface area (Å²) in [6.45, 7) is 6.27. The number of carbonyl (C=O) groups excluding carboxylic acids is 1. The Hall–Kier alpha value is -3.72. The number of aromatic nitrogens is 4. The first-order valence-corrected chi connectivity index (χ1v) is 10.9. The molecule has 1 saturated heterocycles. The van der Waals surface area contributed by atoms with Gasteiger partial charge < -0.3 is 18.7 Å². The Morgan fingerprint density at radius 3 is 2.48 bits per heavy atom. The summed E-state index contributed by atoms with van der Waals surface area (Å²) >= 11 is 5.93. The Kier molecular flexibility index (Phi) is 5.55. The average Bonchev–Trinajstić information content (AvgIpc) is 3.45. The van der Waals surface area contributed by atoms with Gasteiger partial charge in [-0.15, -0.1) is 0 Å². The van der Waals surface area contributed by atoms with Gasteiger partial charge >= 0.3 is 0 Å². The molecule has 0 N–H and O–H groups in total. The molecular formula is C23H21ClN6O3. The summed E-state index contributed by atoms with van der Waals surface area (Å²) in [7, 11) is 0. The summed E-state index contributed by atoms with van der Waals surface area (Å²) in [5, 5.41) is 4.38. The molecule has 0 radical (unpaired) electrons. The van der Waals surface area contributed by atoms with Gasteiger partial charge in [-0.1, -0.05) is 34.5 Å². The molecule has 4 aromatic rings. The van der Waals surface area contributed by atoms with Gasteiger partial charge in [-0.05, 0) is 38.1 Å². The summed E-state index contributed by atoms with van der Waals surface area (Å²) in [4.78, 5) is 29.8. The average molecular weight is 465 g/mol. The number of carbonyl (C=O) groups is 1. The Bertz CT molecular complexity index is 1330. The van der Waals surface area contributed by atoms with Gasteiger partial charge in [0.25, 0.3) is 17.8 Å². The maximum atomic E-state index is 13.0. The fraction of sp³-hybridized carbons (Fsp3) is 0.261. The first-order valence-electron chi connectivity index (χ1n) is 10.5. The van der Waals surface area contributed by atoms with E-state index >= 15 is 0 Å². The number of nitrogens with zero attached hydrogens (tertiary/aromatic N) is 6. The SMILES string of the molecule is CC(C)=Cc1nc(-c2ccc(C(=O)N3CCN(c4nc5nc(Cl)ccc5o4)CC3)cc2)no1. The van der Waals surface area contributed by atoms with Gasteiger partial charge in [0, 0.05) is 43.4 Å². The second-order valence-electron chi connectivity index (χ2n) is 7.99. The number of anilines is 1. The van der Waals surface area contributed by atoms with E-state index in [1.807, 2.05) is 41.9 Å². The summed E-state index contributed by atoms with van der Waals surface area (Å²) in [6.07, 6.45) is 1.82. The molecule has 0 unspecified atom stereocenters. The molecule has 1 amide bonds. The highest BCUT2D eigenvalue weighted by atomic mass is 35.5. The number of piperazine rings is 1. The minimum absolute atomic E-state index is 0.0226. The number of hydrogen-bond donors (Lipinski definition) is 0. The summed E-state index contributed by atoms with van der Waals surface area (Å²) in [5.74, 6) is 0.927. The summed E-state index contributed by atoms with van der Waals surface area (Å²) < 4.78 is 11.0. The van der Waals surface area contributed by atoms with Crippen LogP contribution < -0.4 is 4.90 Å². The summed E-state index contributed by atoms with van der Waals surface area (Å²) in [5.41, 5.74) is 3.54. The van der Waals surface area contributed by atoms with Gasteiger partial charge in [-0.2, -0.15) is 9.97 Å². The van der Waals surface area contributed by atoms with Gasteiger partial charge in [0.05, 0.1) is 0 Å². The number of pyridine rings is 1. The van der Waals surface area contributed by atoms with Crippen LogP contribution in [0.1, 0.15) is 30.1 Å². The Morgan fingerprint density at radius 2 is 1.76 bits per heavy atom. The third-order valence-electron chi connectivity index (χ3n) is 5.29. The molecule has 0 spiro atoms. The van der Waals surface area contributed by atoms with Crippen molar-refractivity contribution in [2.24, 2.45) is 0 Å². The van der Waals surface area contributed by atoms with Crippen LogP contribution in [0, 0.1) is 0 Å². The van der Waals surface area contributed by atoms with Gasteiger partial charge in [-0.25, -0.2) is 4.98 Å². The van der Waals surface area contributed by atoms with Crippen molar-refractivity contribution in [2.75, 3.05) is 31.1 Å². The first kappa shape index (κ1) is 21.1. The van der Waals surface area contributed by atoms with Crippen molar-refractivity contribution in [3.05, 3.63) is 58.6 Å². The van der Waals surface area contributed by atoms with E-state index in [1.165, 1.54) is 0 Å². The molecule has 0 aliphatic carbocycles. The maximum absolute atomic E-state index is 13.0. The lowest BCUT2D eigenvalue weighted by Crippen LogP contribution is -2.48. The van der Waals surface area contributed by atoms with Crippen molar-refractivity contribution in [2.45, 2.75) is 13.8 Å². The predicted molar refractivity (Wildman–Crippen MR) is 124 cm³/mol. The molecule has 0 atom stereocenters. The van der Waals surface area contributed by atoms with Crippen LogP contribution in [0.5, 0.6) is 0 Å². The van der Waals surface area contributed by atoms with E-state index in [-0.39, 0.29) is 5.91 Å². The van der Waals surface area contributed by atoms with Crippen LogP contribution in [0.4, 0.5) is 6.01 Å². The zero-order chi connectivity index (χ0) is 22.9. The highest BCUT2D eigenvalue weighted by Crippen LogP contribution is 2.24. The third-order valence-corrected chi connectivity index (χ3v) is 5.50. The standard InChI is InChI=1S/C23H21ClN6O3/c1-14(2)13-19-26-20(28-33-19)15-3-5-16(6-4-15)22(31)29-9-11-30(12-10-29)23-27-21-17(32-23)7-8-18(24)25-21/h3-8,13H,9-12H2,1-2H3. The molecule has 10 heteroatoms. The number of benzene rings is 1. The molecule has 1 fully saturated rings. The molecule has 0 bridgehead atoms. The van der Waals surface area contributed by atoms with E-state index in [4.69, 9.17) is 20.5 Å². The number of fused-ring (bicyclic) bond motifs is 1. The number of rotatable bonds is 4. The van der Waals surface area contributed by atoms with Gasteiger partial charge in [0.1, 0.15) is 5.15 Å². The lowest BCUT2D eigenvalue weighted by atomic mass is 10.1. The Labute approximate surface area is 194 Å². The number of allylic oxidation sites excluding steroid dienone is 1. The van der Waals surface area contributed by atoms with Crippen LogP contribution in [0.3, 0.4) is 0 Å². The zero-order valence-corrected chi connectivity index (χ0v) is 18.9. The number of oxazole rings is 1. The van der Waals surface area contributed by atoms with Crippen LogP contribution in [-0.4, -0.2) is 57.1 Å². The van der Waals surface area contributed by atoms with E-state index in [0.29, 0.717) is 65.9 Å². The highest BCUT2D eigenvalue weighted by molar-refractivity contribution is 6.29. The Balaban J connectivity index is 1.23. The van der Waals surface area contributed by atoms with Crippen LogP contribution >= 0.6 is 11.6 Å². The lowest BCUT2D eigenvalue weighted by Gasteiger charge is -2.33. The van der Waals surface area contributed by atoms with Gasteiger partial charge in [0.15, 0.2) is 5.58 Å². The lowest BCUT2D eigenvalue weighted by molar-refractivity contribution is 0.0745. The van der Waals surface area contributed by atoms with Crippen LogP contribution in [-0.2, 0) is 0 Å². The van der Waals surface area contributed by atoms with Gasteiger partial charge in [-0.3, -0.25) is 4.79 Å². The molecule has 5 rings (SSSR count). The van der Waals surface area contributed by atoms with E-state index in [2.05, 4.69) is 20.1 Å². The first-order chi connectivity index (χ1) is 16.0. The topological polar surface area (TPSA) is 101 Å². The van der Waals surface area contributed by atoms with Crippen LogP contribution in [0.25, 0.3) is 28.7 Å². The van der Waals surface area contributed by atoms with Crippen molar-refractivity contribution >= 4 is 40.8 Å². The van der Waals surface area contributed by atoms with Crippen LogP contribution in [0.2, 0.25) is 5.15 Å². The minimum atomic E-state index is -0.0226. The Morgan fingerprint density at radius 1 is 1.00 bits per heavy atom. The number of halogens is 1. The van der Waals surface area contributed by atoms with Gasteiger partial charge in [0.2, 0.25) is 11.5 Å². The predicted octanol–water partition coefficient (Wildman–Crippen LogP) is 4.31. The van der Waals surface area contributed by atoms with Crippen molar-refractivity contribution in [1.82, 2.24) is 25.0 Å². The molecular weight excluding hydrogens is 444 g/mol. The minimum Gasteiger partial charge on any atom is -0.422 e. The van der Waals surface area contributed by atoms with E-state index in [1.54, 1.807) is 24.3 Å². The molecule has 4 heterocycles. The normalized spacial score (nSPS) is 14.0. The van der Waals surface area contributed by atoms with E-state index in [0.717, 1.165) is 11.1 Å². The molecule has 9 nitrogen and oxygen atoms in total. The van der Waals surface area contributed by atoms with Crippen molar-refractivity contribution < 1.29 is 13.7 Å². The molecule has 1 aliphatic rings. The second kappa shape index (κ2) is 8.67. The largest absolute Gasteiger partial charge is 0.422 e. The molecule has 33 heavy (non-hydrogen) atoms. The fourth-order valence-electron chi connectivity index (χ4n) is 3.62. The highest BCUT2D eigenvalue weighted by Gasteiger charge is 2.25. The molecule has 3 aromatic heterocycles. The van der Waals surface area contributed by atoms with Crippen molar-refractivity contribution in [3.63, 3.8) is 0 Å². The summed E-state index contributed by atoms with van der Waals surface area (Å²) in [6, 6.07) is 11.1.